The molecule has 0 bridgehead atoms. The average molecular weight is 303 g/mol. The number of pyridine rings is 1. The maximum absolute atomic E-state index is 12.6. The Labute approximate surface area is 128 Å². The van der Waals surface area contributed by atoms with Crippen molar-refractivity contribution in [3.05, 3.63) is 33.7 Å². The number of rotatable bonds is 2. The molecule has 2 N–H and O–H groups in total. The molecule has 1 aromatic rings. The highest BCUT2D eigenvalue weighted by atomic mass is 16.2. The van der Waals surface area contributed by atoms with Crippen LogP contribution in [-0.4, -0.2) is 41.3 Å². The van der Waals surface area contributed by atoms with E-state index >= 15 is 0 Å². The van der Waals surface area contributed by atoms with Crippen LogP contribution < -0.4 is 10.9 Å². The second kappa shape index (κ2) is 5.59. The van der Waals surface area contributed by atoms with Crippen molar-refractivity contribution >= 4 is 11.8 Å². The van der Waals surface area contributed by atoms with Crippen molar-refractivity contribution in [2.24, 2.45) is 11.8 Å². The van der Waals surface area contributed by atoms with Gasteiger partial charge in [0, 0.05) is 43.4 Å². The molecular weight excluding hydrogens is 282 g/mol. The van der Waals surface area contributed by atoms with E-state index in [-0.39, 0.29) is 23.4 Å². The molecule has 1 aromatic heterocycles. The summed E-state index contributed by atoms with van der Waals surface area (Å²) in [5.41, 5.74) is 0.846. The molecule has 0 spiro atoms. The van der Waals surface area contributed by atoms with Crippen LogP contribution >= 0.6 is 0 Å². The molecule has 2 heterocycles. The van der Waals surface area contributed by atoms with Crippen LogP contribution in [0.1, 0.15) is 35.3 Å². The van der Waals surface area contributed by atoms with Crippen LogP contribution in [0.5, 0.6) is 0 Å². The minimum Gasteiger partial charge on any atom is -0.356 e. The number of piperidine rings is 1. The fourth-order valence-corrected chi connectivity index (χ4v) is 3.73. The number of aryl methyl sites for hydroxylation is 1. The third-order valence-corrected chi connectivity index (χ3v) is 4.92. The maximum atomic E-state index is 12.6. The Bertz CT molecular complexity index is 667. The molecule has 6 nitrogen and oxygen atoms in total. The highest BCUT2D eigenvalue weighted by molar-refractivity contribution is 5.94. The van der Waals surface area contributed by atoms with Crippen LogP contribution in [0.25, 0.3) is 0 Å². The zero-order chi connectivity index (χ0) is 15.9. The molecule has 3 atom stereocenters. The second-order valence-corrected chi connectivity index (χ2v) is 6.49. The lowest BCUT2D eigenvalue weighted by Crippen LogP contribution is -2.38. The largest absolute Gasteiger partial charge is 0.356 e. The van der Waals surface area contributed by atoms with Crippen molar-refractivity contribution in [1.29, 1.82) is 0 Å². The summed E-state index contributed by atoms with van der Waals surface area (Å²) in [5, 5.41) is 2.90. The molecule has 1 aliphatic carbocycles. The predicted molar refractivity (Wildman–Crippen MR) is 81.5 cm³/mol. The third kappa shape index (κ3) is 2.77. The summed E-state index contributed by atoms with van der Waals surface area (Å²) in [6.07, 6.45) is 2.34. The van der Waals surface area contributed by atoms with E-state index in [2.05, 4.69) is 10.3 Å². The first-order chi connectivity index (χ1) is 10.4. The summed E-state index contributed by atoms with van der Waals surface area (Å²) in [6.45, 7) is 2.48. The Morgan fingerprint density at radius 2 is 1.95 bits per heavy atom. The van der Waals surface area contributed by atoms with Crippen molar-refractivity contribution in [3.8, 4) is 0 Å². The van der Waals surface area contributed by atoms with Crippen LogP contribution in [0, 0.1) is 18.8 Å². The van der Waals surface area contributed by atoms with Crippen molar-refractivity contribution in [2.75, 3.05) is 13.6 Å². The maximum Gasteiger partial charge on any atom is 0.254 e. The summed E-state index contributed by atoms with van der Waals surface area (Å²) in [5.74, 6) is 0.812. The van der Waals surface area contributed by atoms with E-state index in [4.69, 9.17) is 0 Å². The van der Waals surface area contributed by atoms with Gasteiger partial charge < -0.3 is 15.2 Å². The van der Waals surface area contributed by atoms with E-state index in [0.717, 1.165) is 12.8 Å². The van der Waals surface area contributed by atoms with Crippen LogP contribution in [0.3, 0.4) is 0 Å². The number of aromatic amines is 1. The zero-order valence-corrected chi connectivity index (χ0v) is 12.9. The van der Waals surface area contributed by atoms with Gasteiger partial charge in [0.1, 0.15) is 0 Å². The number of hydrogen-bond acceptors (Lipinski definition) is 3. The van der Waals surface area contributed by atoms with E-state index in [9.17, 15) is 14.4 Å². The predicted octanol–water partition coefficient (Wildman–Crippen LogP) is 0.670. The smallest absolute Gasteiger partial charge is 0.254 e. The molecule has 6 heteroatoms. The molecule has 0 aromatic carbocycles. The molecule has 22 heavy (non-hydrogen) atoms. The lowest BCUT2D eigenvalue weighted by atomic mass is 9.89. The summed E-state index contributed by atoms with van der Waals surface area (Å²) in [6, 6.07) is 3.18. The van der Waals surface area contributed by atoms with Gasteiger partial charge in [-0.1, -0.05) is 0 Å². The Morgan fingerprint density at radius 3 is 2.68 bits per heavy atom. The number of fused-ring (bicyclic) bond motifs is 1. The first-order valence-corrected chi connectivity index (χ1v) is 7.69. The van der Waals surface area contributed by atoms with Gasteiger partial charge in [-0.25, -0.2) is 0 Å². The number of aromatic nitrogens is 1. The lowest BCUT2D eigenvalue weighted by Gasteiger charge is -2.25. The monoisotopic (exact) mass is 303 g/mol. The minimum atomic E-state index is -0.258. The Kier molecular flexibility index (Phi) is 3.76. The summed E-state index contributed by atoms with van der Waals surface area (Å²) >= 11 is 0. The first kappa shape index (κ1) is 14.8. The molecule has 118 valence electrons. The summed E-state index contributed by atoms with van der Waals surface area (Å²) in [7, 11) is 1.79. The number of carbonyl (C=O) groups is 2. The number of carbonyl (C=O) groups excluding carboxylic acids is 2. The molecule has 2 fully saturated rings. The number of H-pyrrole nitrogens is 1. The summed E-state index contributed by atoms with van der Waals surface area (Å²) < 4.78 is 0. The van der Waals surface area contributed by atoms with Gasteiger partial charge in [0.15, 0.2) is 0 Å². The SMILES string of the molecule is Cc1cc(C(=O)N(C)[C@H]2C[C@H]3CNC(=O)C[C@H]3C2)cc(=O)[nH]1. The van der Waals surface area contributed by atoms with Gasteiger partial charge in [-0.15, -0.1) is 0 Å². The molecule has 2 amide bonds. The van der Waals surface area contributed by atoms with E-state index in [0.29, 0.717) is 36.1 Å². The lowest BCUT2D eigenvalue weighted by molar-refractivity contribution is -0.124. The number of hydrogen-bond donors (Lipinski definition) is 2. The quantitative estimate of drug-likeness (QED) is 0.842. The normalized spacial score (nSPS) is 27.2. The van der Waals surface area contributed by atoms with Crippen LogP contribution in [0.4, 0.5) is 0 Å². The van der Waals surface area contributed by atoms with Gasteiger partial charge in [-0.2, -0.15) is 0 Å². The molecular formula is C16H21N3O3. The number of nitrogens with zero attached hydrogens (tertiary/aromatic N) is 1. The van der Waals surface area contributed by atoms with Gasteiger partial charge >= 0.3 is 0 Å². The van der Waals surface area contributed by atoms with E-state index in [1.54, 1.807) is 24.9 Å². The highest BCUT2D eigenvalue weighted by Crippen LogP contribution is 2.38. The second-order valence-electron chi connectivity index (χ2n) is 6.49. The van der Waals surface area contributed by atoms with Gasteiger partial charge in [0.05, 0.1) is 0 Å². The molecule has 1 aliphatic heterocycles. The molecule has 0 unspecified atom stereocenters. The van der Waals surface area contributed by atoms with Gasteiger partial charge in [-0.3, -0.25) is 14.4 Å². The Balaban J connectivity index is 1.74. The van der Waals surface area contributed by atoms with Crippen molar-refractivity contribution in [1.82, 2.24) is 15.2 Å². The zero-order valence-electron chi connectivity index (χ0n) is 12.9. The first-order valence-electron chi connectivity index (χ1n) is 7.69. The van der Waals surface area contributed by atoms with Crippen LogP contribution in [0.15, 0.2) is 16.9 Å². The van der Waals surface area contributed by atoms with Crippen molar-refractivity contribution in [3.63, 3.8) is 0 Å². The minimum absolute atomic E-state index is 0.112. The van der Waals surface area contributed by atoms with Gasteiger partial charge in [-0.05, 0) is 37.7 Å². The van der Waals surface area contributed by atoms with Gasteiger partial charge in [0.2, 0.25) is 11.5 Å². The summed E-state index contributed by atoms with van der Waals surface area (Å²) in [4.78, 5) is 40.0. The fourth-order valence-electron chi connectivity index (χ4n) is 3.73. The molecule has 0 radical (unpaired) electrons. The standard InChI is InChI=1S/C16H21N3O3/c1-9-3-11(7-15(21)18-9)16(22)19(2)13-4-10-6-14(20)17-8-12(10)5-13/h3,7,10,12-13H,4-6,8H2,1-2H3,(H,17,20)(H,18,21)/t10-,12+,13-/m1/s1. The van der Waals surface area contributed by atoms with E-state index in [1.165, 1.54) is 6.07 Å². The Hall–Kier alpha value is -2.11. The highest BCUT2D eigenvalue weighted by Gasteiger charge is 2.40. The van der Waals surface area contributed by atoms with Crippen molar-refractivity contribution < 1.29 is 9.59 Å². The Morgan fingerprint density at radius 1 is 1.23 bits per heavy atom. The molecule has 1 saturated carbocycles. The van der Waals surface area contributed by atoms with Crippen LogP contribution in [0.2, 0.25) is 0 Å². The van der Waals surface area contributed by atoms with E-state index in [1.807, 2.05) is 0 Å². The van der Waals surface area contributed by atoms with Gasteiger partial charge in [0.25, 0.3) is 5.91 Å². The number of nitrogens with one attached hydrogen (secondary N) is 2. The average Bonchev–Trinajstić information content (AvgIpc) is 2.87. The van der Waals surface area contributed by atoms with Crippen LogP contribution in [-0.2, 0) is 4.79 Å². The molecule has 3 rings (SSSR count). The van der Waals surface area contributed by atoms with E-state index < -0.39 is 0 Å². The number of amides is 2. The molecule has 1 saturated heterocycles. The molecule has 2 aliphatic rings. The topological polar surface area (TPSA) is 82.3 Å². The third-order valence-electron chi connectivity index (χ3n) is 4.92. The van der Waals surface area contributed by atoms with Crippen molar-refractivity contribution in [2.45, 2.75) is 32.2 Å². The fraction of sp³-hybridized carbons (Fsp3) is 0.562.